The second kappa shape index (κ2) is 9.82. The zero-order valence-corrected chi connectivity index (χ0v) is 21.5. The molecule has 1 aliphatic carbocycles. The first kappa shape index (κ1) is 23.7. The number of nitrogens with zero attached hydrogens (tertiary/aromatic N) is 3. The zero-order chi connectivity index (χ0) is 22.9. The lowest BCUT2D eigenvalue weighted by Crippen LogP contribution is -2.47. The lowest BCUT2D eigenvalue weighted by atomic mass is 10.1. The van der Waals surface area contributed by atoms with Gasteiger partial charge in [-0.1, -0.05) is 49.3 Å². The Morgan fingerprint density at radius 1 is 1.28 bits per heavy atom. The van der Waals surface area contributed by atoms with Crippen LogP contribution >= 0.6 is 23.5 Å². The maximum Gasteiger partial charge on any atom is 0.262 e. The summed E-state index contributed by atoms with van der Waals surface area (Å²) in [6.07, 6.45) is 10.5. The molecule has 7 heteroatoms. The van der Waals surface area contributed by atoms with Crippen LogP contribution in [0.25, 0.3) is 0 Å². The minimum atomic E-state index is 0.0556. The number of thioether (sulfide) groups is 2. The number of hydrogen-bond acceptors (Lipinski definition) is 6. The van der Waals surface area contributed by atoms with E-state index in [2.05, 4.69) is 50.3 Å². The monoisotopic (exact) mass is 472 g/mol. The topological polar surface area (TPSA) is 61.9 Å². The summed E-state index contributed by atoms with van der Waals surface area (Å²) in [4.78, 5) is 23.2. The molecule has 3 aliphatic heterocycles. The predicted molar refractivity (Wildman–Crippen MR) is 138 cm³/mol. The molecule has 2 atom stereocenters. The van der Waals surface area contributed by atoms with Gasteiger partial charge >= 0.3 is 0 Å². The molecule has 0 aromatic carbocycles. The van der Waals surface area contributed by atoms with Gasteiger partial charge < -0.3 is 15.5 Å². The van der Waals surface area contributed by atoms with Gasteiger partial charge in [-0.2, -0.15) is 0 Å². The molecule has 4 aliphatic rings. The maximum absolute atomic E-state index is 13.4. The largest absolute Gasteiger partial charge is 0.397 e. The summed E-state index contributed by atoms with van der Waals surface area (Å²) >= 11 is 3.35. The molecule has 5 nitrogen and oxygen atoms in total. The Morgan fingerprint density at radius 3 is 2.66 bits per heavy atom. The van der Waals surface area contributed by atoms with E-state index in [1.165, 1.54) is 36.6 Å². The molecule has 0 spiro atoms. The molecule has 3 heterocycles. The van der Waals surface area contributed by atoms with E-state index in [-0.39, 0.29) is 10.7 Å². The smallest absolute Gasteiger partial charge is 0.262 e. The first-order valence-corrected chi connectivity index (χ1v) is 13.5. The van der Waals surface area contributed by atoms with Gasteiger partial charge in [0.2, 0.25) is 0 Å². The minimum Gasteiger partial charge on any atom is -0.397 e. The summed E-state index contributed by atoms with van der Waals surface area (Å²) in [5.74, 6) is 0.642. The third kappa shape index (κ3) is 4.90. The number of hydrogen-bond donors (Lipinski definition) is 1. The summed E-state index contributed by atoms with van der Waals surface area (Å²) in [6.45, 7) is 9.80. The summed E-state index contributed by atoms with van der Waals surface area (Å²) in [7, 11) is 2.10. The number of rotatable bonds is 7. The molecule has 0 aromatic rings. The van der Waals surface area contributed by atoms with E-state index in [4.69, 9.17) is 10.7 Å². The number of nitrogens with two attached hydrogens (primary N) is 1. The van der Waals surface area contributed by atoms with Gasteiger partial charge in [-0.15, -0.1) is 11.8 Å². The van der Waals surface area contributed by atoms with Crippen molar-refractivity contribution in [2.24, 2.45) is 16.6 Å². The van der Waals surface area contributed by atoms with Crippen LogP contribution in [0.15, 0.2) is 50.0 Å². The Labute approximate surface area is 201 Å². The Balaban J connectivity index is 1.61. The van der Waals surface area contributed by atoms with Crippen molar-refractivity contribution in [3.63, 3.8) is 0 Å². The van der Waals surface area contributed by atoms with Crippen LogP contribution < -0.4 is 5.73 Å². The Morgan fingerprint density at radius 2 is 2.03 bits per heavy atom. The van der Waals surface area contributed by atoms with Crippen molar-refractivity contribution in [3.8, 4) is 0 Å². The van der Waals surface area contributed by atoms with E-state index in [0.29, 0.717) is 16.5 Å². The SMILES string of the molecule is CCCCC/C(C)=C(C)/N=C1\SC(C(=O)N2CCN(C)CC2)=C(N)\C1=C/C12CC1C=CS2. The molecule has 1 saturated carbocycles. The molecule has 1 amide bonds. The molecule has 2 fully saturated rings. The number of fused-ring (bicyclic) bond motifs is 1. The summed E-state index contributed by atoms with van der Waals surface area (Å²) in [5, 5.41) is 3.09. The standard InChI is InChI=1S/C25H36N4OS2/c1-5-6-7-8-17(2)18(3)27-23-20(16-25-15-19(25)9-14-31-25)21(26)22(32-23)24(30)29-12-10-28(4)11-13-29/h9,14,16,19H,5-8,10-13,15,26H2,1-4H3/b18-17+,20-16+,27-23-. The first-order valence-electron chi connectivity index (χ1n) is 11.8. The lowest BCUT2D eigenvalue weighted by Gasteiger charge is -2.32. The Kier molecular flexibility index (Phi) is 7.27. The van der Waals surface area contributed by atoms with Crippen LogP contribution in [0, 0.1) is 5.92 Å². The van der Waals surface area contributed by atoms with Crippen LogP contribution in [0.3, 0.4) is 0 Å². The van der Waals surface area contributed by atoms with Gasteiger partial charge in [0.1, 0.15) is 9.95 Å². The predicted octanol–water partition coefficient (Wildman–Crippen LogP) is 4.90. The van der Waals surface area contributed by atoms with E-state index < -0.39 is 0 Å². The molecule has 4 rings (SSSR count). The van der Waals surface area contributed by atoms with Crippen molar-refractivity contribution in [2.45, 2.75) is 57.6 Å². The average molecular weight is 473 g/mol. The number of unbranched alkanes of at least 4 members (excludes halogenated alkanes) is 2. The van der Waals surface area contributed by atoms with E-state index in [9.17, 15) is 4.79 Å². The average Bonchev–Trinajstić information content (AvgIpc) is 3.18. The quantitative estimate of drug-likeness (QED) is 0.534. The van der Waals surface area contributed by atoms with Crippen LogP contribution in [-0.4, -0.2) is 58.7 Å². The molecule has 2 unspecified atom stereocenters. The number of allylic oxidation sites excluding steroid dienone is 4. The van der Waals surface area contributed by atoms with Crippen LogP contribution in [0.5, 0.6) is 0 Å². The first-order chi connectivity index (χ1) is 15.3. The number of piperazine rings is 1. The van der Waals surface area contributed by atoms with E-state index in [1.807, 2.05) is 16.7 Å². The Hall–Kier alpha value is -1.44. The number of aliphatic imine (C=N–C) groups is 1. The van der Waals surface area contributed by atoms with Crippen LogP contribution in [-0.2, 0) is 4.79 Å². The van der Waals surface area contributed by atoms with Crippen molar-refractivity contribution in [3.05, 3.63) is 45.0 Å². The molecular formula is C25H36N4OS2. The molecule has 0 bridgehead atoms. The van der Waals surface area contributed by atoms with Crippen molar-refractivity contribution < 1.29 is 4.79 Å². The summed E-state index contributed by atoms with van der Waals surface area (Å²) < 4.78 is 0.113. The molecule has 1 saturated heterocycles. The van der Waals surface area contributed by atoms with Crippen LogP contribution in [0.1, 0.15) is 52.9 Å². The van der Waals surface area contributed by atoms with Gasteiger partial charge in [-0.3, -0.25) is 4.79 Å². The highest BCUT2D eigenvalue weighted by Crippen LogP contribution is 2.62. The lowest BCUT2D eigenvalue weighted by molar-refractivity contribution is -0.127. The van der Waals surface area contributed by atoms with Crippen molar-refractivity contribution in [1.82, 2.24) is 9.80 Å². The Bertz CT molecular complexity index is 924. The maximum atomic E-state index is 13.4. The van der Waals surface area contributed by atoms with Crippen LogP contribution in [0.2, 0.25) is 0 Å². The van der Waals surface area contributed by atoms with Crippen molar-refractivity contribution >= 4 is 34.5 Å². The fourth-order valence-electron chi connectivity index (χ4n) is 4.40. The fourth-order valence-corrected chi connectivity index (χ4v) is 6.73. The van der Waals surface area contributed by atoms with Crippen molar-refractivity contribution in [1.29, 1.82) is 0 Å². The van der Waals surface area contributed by atoms with Gasteiger partial charge in [-0.05, 0) is 51.5 Å². The van der Waals surface area contributed by atoms with E-state index in [1.54, 1.807) is 0 Å². The number of likely N-dealkylation sites (N-methyl/N-ethyl adjacent to an activating group) is 1. The number of amides is 1. The third-order valence-corrected chi connectivity index (χ3v) is 9.41. The van der Waals surface area contributed by atoms with Gasteiger partial charge in [0, 0.05) is 42.2 Å². The van der Waals surface area contributed by atoms with Gasteiger partial charge in [-0.25, -0.2) is 4.99 Å². The van der Waals surface area contributed by atoms with E-state index >= 15 is 0 Å². The van der Waals surface area contributed by atoms with E-state index in [0.717, 1.165) is 55.3 Å². The molecule has 0 radical (unpaired) electrons. The zero-order valence-electron chi connectivity index (χ0n) is 19.8. The van der Waals surface area contributed by atoms with Gasteiger partial charge in [0.15, 0.2) is 0 Å². The molecule has 2 N–H and O–H groups in total. The molecular weight excluding hydrogens is 436 g/mol. The molecule has 32 heavy (non-hydrogen) atoms. The summed E-state index contributed by atoms with van der Waals surface area (Å²) in [5.41, 5.74) is 10.6. The second-order valence-corrected chi connectivity index (χ2v) is 11.7. The van der Waals surface area contributed by atoms with Crippen LogP contribution in [0.4, 0.5) is 0 Å². The highest BCUT2D eigenvalue weighted by atomic mass is 32.2. The minimum absolute atomic E-state index is 0.0556. The second-order valence-electron chi connectivity index (χ2n) is 9.45. The fraction of sp³-hybridized carbons (Fsp3) is 0.600. The van der Waals surface area contributed by atoms with Gasteiger partial charge in [0.05, 0.1) is 5.70 Å². The van der Waals surface area contributed by atoms with Gasteiger partial charge in [0.25, 0.3) is 5.91 Å². The highest BCUT2D eigenvalue weighted by molar-refractivity contribution is 8.19. The third-order valence-electron chi connectivity index (χ3n) is 6.98. The summed E-state index contributed by atoms with van der Waals surface area (Å²) in [6, 6.07) is 0. The number of carbonyl (C=O) groups is 1. The van der Waals surface area contributed by atoms with Crippen molar-refractivity contribution in [2.75, 3.05) is 33.2 Å². The molecule has 0 aromatic heterocycles. The normalized spacial score (nSPS) is 31.0. The number of carbonyl (C=O) groups excluding carboxylic acids is 1. The molecule has 174 valence electrons. The highest BCUT2D eigenvalue weighted by Gasteiger charge is 2.55.